The molecule has 0 aromatic carbocycles. The molecule has 80 valence electrons. The van der Waals surface area contributed by atoms with Crippen LogP contribution >= 0.6 is 0 Å². The number of rotatable bonds is 2. The Hall–Kier alpha value is -1.58. The molecule has 0 amide bonds. The first-order chi connectivity index (χ1) is 7.22. The summed E-state index contributed by atoms with van der Waals surface area (Å²) in [5.41, 5.74) is 6.99. The third-order valence-electron chi connectivity index (χ3n) is 2.61. The molecule has 0 radical (unpaired) electrons. The van der Waals surface area contributed by atoms with E-state index in [0.717, 1.165) is 18.5 Å². The molecular formula is C11H14N2O2. The fraction of sp³-hybridized carbons (Fsp3) is 0.455. The highest BCUT2D eigenvalue weighted by molar-refractivity contribution is 5.92. The summed E-state index contributed by atoms with van der Waals surface area (Å²) < 4.78 is 5.09. The number of nitrogens with two attached hydrogens (primary N) is 1. The van der Waals surface area contributed by atoms with Crippen LogP contribution in [0.15, 0.2) is 12.1 Å². The highest BCUT2D eigenvalue weighted by Gasteiger charge is 2.27. The van der Waals surface area contributed by atoms with Crippen molar-refractivity contribution in [2.45, 2.75) is 25.7 Å². The number of nitrogen functional groups attached to an aromatic ring is 1. The van der Waals surface area contributed by atoms with Crippen molar-refractivity contribution in [2.75, 3.05) is 12.3 Å². The molecule has 1 aromatic rings. The first kappa shape index (κ1) is 9.96. The minimum atomic E-state index is -0.287. The largest absolute Gasteiger partial charge is 0.461 e. The Bertz CT molecular complexity index is 390. The minimum Gasteiger partial charge on any atom is -0.461 e. The van der Waals surface area contributed by atoms with Crippen molar-refractivity contribution in [1.29, 1.82) is 0 Å². The zero-order valence-electron chi connectivity index (χ0n) is 8.69. The summed E-state index contributed by atoms with van der Waals surface area (Å²) in [7, 11) is 0. The lowest BCUT2D eigenvalue weighted by atomic mass is 9.94. The summed E-state index contributed by atoms with van der Waals surface area (Å²) in [6, 6.07) is 3.33. The molecule has 0 unspecified atom stereocenters. The van der Waals surface area contributed by atoms with Crippen molar-refractivity contribution in [2.24, 2.45) is 0 Å². The van der Waals surface area contributed by atoms with Gasteiger partial charge in [0.05, 0.1) is 11.3 Å². The second-order valence-electron chi connectivity index (χ2n) is 3.75. The monoisotopic (exact) mass is 206 g/mol. The van der Waals surface area contributed by atoms with Gasteiger partial charge in [0.2, 0.25) is 0 Å². The minimum absolute atomic E-state index is 0.200. The predicted molar refractivity (Wildman–Crippen MR) is 56.6 cm³/mol. The molecule has 1 aliphatic heterocycles. The van der Waals surface area contributed by atoms with E-state index in [1.165, 1.54) is 0 Å². The number of ether oxygens (including phenoxy) is 1. The van der Waals surface area contributed by atoms with Crippen LogP contribution in [0.5, 0.6) is 0 Å². The number of fused-ring (bicyclic) bond motifs is 1. The number of carbonyl (C=O) groups is 1. The Labute approximate surface area is 88.4 Å². The van der Waals surface area contributed by atoms with Crippen LogP contribution in [0, 0.1) is 0 Å². The lowest BCUT2D eigenvalue weighted by Gasteiger charge is -2.23. The molecule has 1 aliphatic rings. The smallest absolute Gasteiger partial charge is 0.340 e. The molecule has 1 atom stereocenters. The zero-order chi connectivity index (χ0) is 10.8. The number of esters is 1. The molecule has 2 heterocycles. The van der Waals surface area contributed by atoms with Gasteiger partial charge >= 0.3 is 5.97 Å². The van der Waals surface area contributed by atoms with Crippen LogP contribution < -0.4 is 5.73 Å². The summed E-state index contributed by atoms with van der Waals surface area (Å²) in [5, 5.41) is 0. The maximum Gasteiger partial charge on any atom is 0.340 e. The summed E-state index contributed by atoms with van der Waals surface area (Å²) in [6.07, 6.45) is 2.01. The van der Waals surface area contributed by atoms with Crippen molar-refractivity contribution >= 4 is 11.8 Å². The molecule has 0 aliphatic carbocycles. The second-order valence-corrected chi connectivity index (χ2v) is 3.75. The van der Waals surface area contributed by atoms with E-state index < -0.39 is 0 Å². The van der Waals surface area contributed by atoms with Crippen molar-refractivity contribution in [3.8, 4) is 0 Å². The van der Waals surface area contributed by atoms with Gasteiger partial charge in [-0.25, -0.2) is 9.78 Å². The molecule has 2 rings (SSSR count). The van der Waals surface area contributed by atoms with Crippen molar-refractivity contribution in [3.63, 3.8) is 0 Å². The summed E-state index contributed by atoms with van der Waals surface area (Å²) >= 11 is 0. The first-order valence-electron chi connectivity index (χ1n) is 5.16. The van der Waals surface area contributed by atoms with Gasteiger partial charge in [-0.05, 0) is 18.6 Å². The molecule has 15 heavy (non-hydrogen) atoms. The average molecular weight is 206 g/mol. The zero-order valence-corrected chi connectivity index (χ0v) is 8.69. The Morgan fingerprint density at radius 1 is 1.60 bits per heavy atom. The van der Waals surface area contributed by atoms with Gasteiger partial charge < -0.3 is 10.5 Å². The van der Waals surface area contributed by atoms with Crippen molar-refractivity contribution < 1.29 is 9.53 Å². The number of hydrogen-bond acceptors (Lipinski definition) is 4. The predicted octanol–water partition coefficient (Wildman–Crippen LogP) is 1.72. The van der Waals surface area contributed by atoms with Gasteiger partial charge in [0, 0.05) is 5.92 Å². The molecule has 0 bridgehead atoms. The van der Waals surface area contributed by atoms with Crippen LogP contribution in [0.1, 0.15) is 41.7 Å². The third-order valence-corrected chi connectivity index (χ3v) is 2.61. The number of pyridine rings is 1. The van der Waals surface area contributed by atoms with Crippen LogP contribution in [0.4, 0.5) is 5.82 Å². The number of anilines is 1. The number of aromatic nitrogens is 1. The quantitative estimate of drug-likeness (QED) is 0.748. The Morgan fingerprint density at radius 3 is 3.13 bits per heavy atom. The lowest BCUT2D eigenvalue weighted by molar-refractivity contribution is 0.0431. The molecule has 1 aromatic heterocycles. The topological polar surface area (TPSA) is 65.2 Å². The van der Waals surface area contributed by atoms with E-state index in [2.05, 4.69) is 11.9 Å². The number of cyclic esters (lactones) is 1. The van der Waals surface area contributed by atoms with Gasteiger partial charge in [-0.2, -0.15) is 0 Å². The molecule has 2 N–H and O–H groups in total. The van der Waals surface area contributed by atoms with Gasteiger partial charge in [-0.1, -0.05) is 13.3 Å². The molecule has 0 saturated heterocycles. The maximum atomic E-state index is 11.4. The van der Waals surface area contributed by atoms with Gasteiger partial charge in [-0.3, -0.25) is 0 Å². The first-order valence-corrected chi connectivity index (χ1v) is 5.16. The number of hydrogen-bond donors (Lipinski definition) is 1. The lowest BCUT2D eigenvalue weighted by Crippen LogP contribution is -2.24. The third kappa shape index (κ3) is 1.79. The number of nitrogens with zero attached hydrogens (tertiary/aromatic N) is 1. The van der Waals surface area contributed by atoms with Crippen molar-refractivity contribution in [3.05, 3.63) is 23.4 Å². The highest BCUT2D eigenvalue weighted by atomic mass is 16.5. The van der Waals surface area contributed by atoms with Gasteiger partial charge in [0.25, 0.3) is 0 Å². The van der Waals surface area contributed by atoms with E-state index in [9.17, 15) is 4.79 Å². The van der Waals surface area contributed by atoms with Gasteiger partial charge in [0.15, 0.2) is 0 Å². The van der Waals surface area contributed by atoms with E-state index in [0.29, 0.717) is 18.0 Å². The van der Waals surface area contributed by atoms with Gasteiger partial charge in [-0.15, -0.1) is 0 Å². The standard InChI is InChI=1S/C11H14N2O2/c1-2-3-7-6-15-11(14)8-4-5-9(12)13-10(7)8/h4-5,7H,2-3,6H2,1H3,(H2,12,13)/t7-/m0/s1. The molecule has 4 nitrogen and oxygen atoms in total. The fourth-order valence-corrected chi connectivity index (χ4v) is 1.88. The molecule has 0 fully saturated rings. The van der Waals surface area contributed by atoms with Crippen LogP contribution in [0.25, 0.3) is 0 Å². The second kappa shape index (κ2) is 3.88. The highest BCUT2D eigenvalue weighted by Crippen LogP contribution is 2.28. The summed E-state index contributed by atoms with van der Waals surface area (Å²) in [6.45, 7) is 2.53. The SMILES string of the molecule is CCC[C@H]1COC(=O)c2ccc(N)nc21. The number of carbonyl (C=O) groups excluding carboxylic acids is 1. The van der Waals surface area contributed by atoms with Gasteiger partial charge in [0.1, 0.15) is 12.4 Å². The van der Waals surface area contributed by atoms with Crippen molar-refractivity contribution in [1.82, 2.24) is 4.98 Å². The summed E-state index contributed by atoms with van der Waals surface area (Å²) in [4.78, 5) is 15.7. The fourth-order valence-electron chi connectivity index (χ4n) is 1.88. The molecular weight excluding hydrogens is 192 g/mol. The van der Waals surface area contributed by atoms with Crippen LogP contribution in [0.3, 0.4) is 0 Å². The van der Waals surface area contributed by atoms with E-state index in [-0.39, 0.29) is 11.9 Å². The van der Waals surface area contributed by atoms with Crippen LogP contribution in [-0.2, 0) is 4.74 Å². The van der Waals surface area contributed by atoms with E-state index in [1.54, 1.807) is 12.1 Å². The average Bonchev–Trinajstić information content (AvgIpc) is 2.22. The van der Waals surface area contributed by atoms with E-state index in [1.807, 2.05) is 0 Å². The normalized spacial score (nSPS) is 19.5. The molecule has 0 spiro atoms. The molecule has 0 saturated carbocycles. The Morgan fingerprint density at radius 2 is 2.40 bits per heavy atom. The molecule has 4 heteroatoms. The maximum absolute atomic E-state index is 11.4. The Kier molecular flexibility index (Phi) is 2.58. The van der Waals surface area contributed by atoms with E-state index in [4.69, 9.17) is 10.5 Å². The van der Waals surface area contributed by atoms with E-state index >= 15 is 0 Å². The summed E-state index contributed by atoms with van der Waals surface area (Å²) in [5.74, 6) is 0.376. The van der Waals surface area contributed by atoms with Crippen LogP contribution in [0.2, 0.25) is 0 Å². The Balaban J connectivity index is 2.42. The van der Waals surface area contributed by atoms with Crippen LogP contribution in [-0.4, -0.2) is 17.6 Å².